The standard InChI is InChI=1S/C12H12FN3O/c1-8-6-11(14)16-12(15-8)7-17-10-5-3-2-4-9(10)13/h2-6H,7H2,1H3,(H2,14,15,16). The van der Waals surface area contributed by atoms with Crippen LogP contribution in [0.1, 0.15) is 11.5 Å². The average molecular weight is 233 g/mol. The molecule has 17 heavy (non-hydrogen) atoms. The van der Waals surface area contributed by atoms with Crippen LogP contribution in [-0.2, 0) is 6.61 Å². The molecule has 0 spiro atoms. The van der Waals surface area contributed by atoms with E-state index in [4.69, 9.17) is 10.5 Å². The highest BCUT2D eigenvalue weighted by Crippen LogP contribution is 2.16. The van der Waals surface area contributed by atoms with Crippen molar-refractivity contribution < 1.29 is 9.13 Å². The first-order valence-electron chi connectivity index (χ1n) is 5.12. The highest BCUT2D eigenvalue weighted by atomic mass is 19.1. The van der Waals surface area contributed by atoms with Crippen LogP contribution >= 0.6 is 0 Å². The summed E-state index contributed by atoms with van der Waals surface area (Å²) >= 11 is 0. The second-order valence-corrected chi connectivity index (χ2v) is 3.57. The number of benzene rings is 1. The minimum atomic E-state index is -0.409. The first-order chi connectivity index (χ1) is 8.15. The van der Waals surface area contributed by atoms with Crippen molar-refractivity contribution in [2.45, 2.75) is 13.5 Å². The van der Waals surface area contributed by atoms with Crippen molar-refractivity contribution in [3.63, 3.8) is 0 Å². The monoisotopic (exact) mass is 233 g/mol. The molecule has 2 N–H and O–H groups in total. The maximum absolute atomic E-state index is 13.3. The molecule has 0 saturated carbocycles. The van der Waals surface area contributed by atoms with Crippen LogP contribution in [0.15, 0.2) is 30.3 Å². The van der Waals surface area contributed by atoms with Gasteiger partial charge in [-0.25, -0.2) is 14.4 Å². The zero-order valence-electron chi connectivity index (χ0n) is 9.35. The van der Waals surface area contributed by atoms with Crippen LogP contribution in [0.25, 0.3) is 0 Å². The summed E-state index contributed by atoms with van der Waals surface area (Å²) in [4.78, 5) is 8.14. The van der Waals surface area contributed by atoms with E-state index in [1.807, 2.05) is 6.92 Å². The van der Waals surface area contributed by atoms with Gasteiger partial charge in [0.15, 0.2) is 17.4 Å². The molecule has 4 nitrogen and oxygen atoms in total. The first-order valence-corrected chi connectivity index (χ1v) is 5.12. The van der Waals surface area contributed by atoms with Gasteiger partial charge in [-0.05, 0) is 19.1 Å². The molecule has 0 amide bonds. The van der Waals surface area contributed by atoms with Crippen LogP contribution in [0, 0.1) is 12.7 Å². The van der Waals surface area contributed by atoms with E-state index in [1.54, 1.807) is 24.3 Å². The first kappa shape index (κ1) is 11.3. The largest absolute Gasteiger partial charge is 0.483 e. The number of rotatable bonds is 3. The number of ether oxygens (including phenoxy) is 1. The van der Waals surface area contributed by atoms with Crippen LogP contribution in [0.3, 0.4) is 0 Å². The molecule has 0 aliphatic rings. The lowest BCUT2D eigenvalue weighted by Crippen LogP contribution is -2.05. The summed E-state index contributed by atoms with van der Waals surface area (Å²) < 4.78 is 18.5. The summed E-state index contributed by atoms with van der Waals surface area (Å²) in [5.74, 6) is 0.583. The van der Waals surface area contributed by atoms with Crippen LogP contribution in [0.4, 0.5) is 10.2 Å². The van der Waals surface area contributed by atoms with E-state index in [0.29, 0.717) is 11.6 Å². The fourth-order valence-corrected chi connectivity index (χ4v) is 1.42. The number of anilines is 1. The van der Waals surface area contributed by atoms with Crippen LogP contribution in [-0.4, -0.2) is 9.97 Å². The number of aromatic nitrogens is 2. The normalized spacial score (nSPS) is 10.2. The molecule has 2 aromatic rings. The Morgan fingerprint density at radius 2 is 2.06 bits per heavy atom. The van der Waals surface area contributed by atoms with Crippen molar-refractivity contribution in [1.82, 2.24) is 9.97 Å². The molecule has 1 aromatic carbocycles. The van der Waals surface area contributed by atoms with Crippen molar-refractivity contribution >= 4 is 5.82 Å². The molecule has 0 aliphatic heterocycles. The summed E-state index contributed by atoms with van der Waals surface area (Å²) in [5.41, 5.74) is 6.33. The number of aryl methyl sites for hydroxylation is 1. The number of para-hydroxylation sites is 1. The fraction of sp³-hybridized carbons (Fsp3) is 0.167. The Bertz CT molecular complexity index is 511. The van der Waals surface area contributed by atoms with E-state index in [1.165, 1.54) is 6.07 Å². The molecule has 0 fully saturated rings. The Kier molecular flexibility index (Phi) is 3.18. The summed E-state index contributed by atoms with van der Waals surface area (Å²) in [5, 5.41) is 0. The van der Waals surface area contributed by atoms with Crippen LogP contribution in [0.2, 0.25) is 0 Å². The predicted molar refractivity (Wildman–Crippen MR) is 61.9 cm³/mol. The molecule has 5 heteroatoms. The molecule has 0 atom stereocenters. The van der Waals surface area contributed by atoms with E-state index in [9.17, 15) is 4.39 Å². The number of hydrogen-bond donors (Lipinski definition) is 1. The third kappa shape index (κ3) is 2.90. The van der Waals surface area contributed by atoms with Gasteiger partial charge in [-0.1, -0.05) is 12.1 Å². The second-order valence-electron chi connectivity index (χ2n) is 3.57. The van der Waals surface area contributed by atoms with Gasteiger partial charge in [0.1, 0.15) is 12.4 Å². The fourth-order valence-electron chi connectivity index (χ4n) is 1.42. The molecule has 0 unspecified atom stereocenters. The summed E-state index contributed by atoms with van der Waals surface area (Å²) in [6.07, 6.45) is 0. The lowest BCUT2D eigenvalue weighted by Gasteiger charge is -2.06. The molecule has 0 bridgehead atoms. The van der Waals surface area contributed by atoms with Gasteiger partial charge in [0.2, 0.25) is 0 Å². The Labute approximate surface area is 98.3 Å². The number of nitrogens with zero attached hydrogens (tertiary/aromatic N) is 2. The van der Waals surface area contributed by atoms with Crippen molar-refractivity contribution in [3.05, 3.63) is 47.7 Å². The van der Waals surface area contributed by atoms with Crippen molar-refractivity contribution in [2.24, 2.45) is 0 Å². The maximum Gasteiger partial charge on any atom is 0.168 e. The molecule has 0 radical (unpaired) electrons. The quantitative estimate of drug-likeness (QED) is 0.881. The SMILES string of the molecule is Cc1cc(N)nc(COc2ccccc2F)n1. The smallest absolute Gasteiger partial charge is 0.168 e. The summed E-state index contributed by atoms with van der Waals surface area (Å²) in [6.45, 7) is 1.90. The molecule has 2 rings (SSSR count). The third-order valence-corrected chi connectivity index (χ3v) is 2.11. The van der Waals surface area contributed by atoms with Gasteiger partial charge < -0.3 is 10.5 Å². The Balaban J connectivity index is 2.10. The van der Waals surface area contributed by atoms with Gasteiger partial charge in [-0.2, -0.15) is 0 Å². The lowest BCUT2D eigenvalue weighted by molar-refractivity contribution is 0.281. The van der Waals surface area contributed by atoms with Gasteiger partial charge in [0, 0.05) is 11.8 Å². The Morgan fingerprint density at radius 3 is 2.76 bits per heavy atom. The van der Waals surface area contributed by atoms with Crippen molar-refractivity contribution in [1.29, 1.82) is 0 Å². The van der Waals surface area contributed by atoms with E-state index in [0.717, 1.165) is 5.69 Å². The number of halogens is 1. The van der Waals surface area contributed by atoms with Gasteiger partial charge >= 0.3 is 0 Å². The Morgan fingerprint density at radius 1 is 1.29 bits per heavy atom. The number of nitrogens with two attached hydrogens (primary N) is 1. The van der Waals surface area contributed by atoms with Crippen molar-refractivity contribution in [3.8, 4) is 5.75 Å². The van der Waals surface area contributed by atoms with E-state index in [-0.39, 0.29) is 12.4 Å². The predicted octanol–water partition coefficient (Wildman–Crippen LogP) is 2.09. The van der Waals surface area contributed by atoms with E-state index >= 15 is 0 Å². The average Bonchev–Trinajstić information content (AvgIpc) is 2.27. The van der Waals surface area contributed by atoms with Crippen molar-refractivity contribution in [2.75, 3.05) is 5.73 Å². The molecule has 1 heterocycles. The van der Waals surface area contributed by atoms with Gasteiger partial charge in [-0.3, -0.25) is 0 Å². The minimum absolute atomic E-state index is 0.0901. The van der Waals surface area contributed by atoms with Crippen LogP contribution in [0.5, 0.6) is 5.75 Å². The molecular weight excluding hydrogens is 221 g/mol. The number of nitrogen functional groups attached to an aromatic ring is 1. The summed E-state index contributed by atoms with van der Waals surface area (Å²) in [6, 6.07) is 7.84. The molecule has 88 valence electrons. The Hall–Kier alpha value is -2.17. The third-order valence-electron chi connectivity index (χ3n) is 2.11. The van der Waals surface area contributed by atoms with Gasteiger partial charge in [0.05, 0.1) is 0 Å². The minimum Gasteiger partial charge on any atom is -0.483 e. The molecule has 0 saturated heterocycles. The highest BCUT2D eigenvalue weighted by Gasteiger charge is 2.04. The zero-order chi connectivity index (χ0) is 12.3. The van der Waals surface area contributed by atoms with E-state index in [2.05, 4.69) is 9.97 Å². The number of hydrogen-bond acceptors (Lipinski definition) is 4. The van der Waals surface area contributed by atoms with Gasteiger partial charge in [-0.15, -0.1) is 0 Å². The lowest BCUT2D eigenvalue weighted by atomic mass is 10.3. The van der Waals surface area contributed by atoms with Crippen LogP contribution < -0.4 is 10.5 Å². The molecular formula is C12H12FN3O. The highest BCUT2D eigenvalue weighted by molar-refractivity contribution is 5.29. The summed E-state index contributed by atoms with van der Waals surface area (Å²) in [7, 11) is 0. The maximum atomic E-state index is 13.3. The molecule has 0 aliphatic carbocycles. The molecule has 1 aromatic heterocycles. The zero-order valence-corrected chi connectivity index (χ0v) is 9.35. The van der Waals surface area contributed by atoms with E-state index < -0.39 is 5.82 Å². The van der Waals surface area contributed by atoms with Gasteiger partial charge in [0.25, 0.3) is 0 Å². The topological polar surface area (TPSA) is 61.0 Å². The second kappa shape index (κ2) is 4.78.